The summed E-state index contributed by atoms with van der Waals surface area (Å²) in [6.07, 6.45) is 3.69. The van der Waals surface area contributed by atoms with Crippen LogP contribution in [0.2, 0.25) is 0 Å². The summed E-state index contributed by atoms with van der Waals surface area (Å²) in [7, 11) is 0. The van der Waals surface area contributed by atoms with Crippen LogP contribution >= 0.6 is 0 Å². The minimum Gasteiger partial charge on any atom is -0.462 e. The van der Waals surface area contributed by atoms with Crippen LogP contribution in [0.1, 0.15) is 55.6 Å². The number of nitrogens with zero attached hydrogens (tertiary/aromatic N) is 3. The number of hydrazine groups is 1. The van der Waals surface area contributed by atoms with Crippen molar-refractivity contribution in [3.05, 3.63) is 28.0 Å². The maximum Gasteiger partial charge on any atom is 0.344 e. The second-order valence-corrected chi connectivity index (χ2v) is 8.48. The van der Waals surface area contributed by atoms with E-state index in [-0.39, 0.29) is 29.0 Å². The predicted octanol–water partition coefficient (Wildman–Crippen LogP) is 1.01. The lowest BCUT2D eigenvalue weighted by Crippen LogP contribution is -2.52. The zero-order chi connectivity index (χ0) is 23.9. The van der Waals surface area contributed by atoms with E-state index >= 15 is 0 Å². The van der Waals surface area contributed by atoms with Crippen molar-refractivity contribution in [2.75, 3.05) is 6.61 Å². The lowest BCUT2D eigenvalue weighted by Gasteiger charge is -2.33. The zero-order valence-electron chi connectivity index (χ0n) is 18.6. The number of urea groups is 1. The highest BCUT2D eigenvalue weighted by Crippen LogP contribution is 2.35. The molecule has 1 spiro atoms. The molecule has 3 heterocycles. The Balaban J connectivity index is 1.54. The molecule has 0 bridgehead atoms. The van der Waals surface area contributed by atoms with Gasteiger partial charge in [0.15, 0.2) is 0 Å². The molecule has 2 aromatic rings. The van der Waals surface area contributed by atoms with Crippen molar-refractivity contribution in [1.82, 2.24) is 25.3 Å². The van der Waals surface area contributed by atoms with Crippen LogP contribution in [0.3, 0.4) is 0 Å². The molecule has 1 saturated heterocycles. The molecule has 0 unspecified atom stereocenters. The van der Waals surface area contributed by atoms with Gasteiger partial charge in [0.25, 0.3) is 17.4 Å². The molecule has 2 fully saturated rings. The van der Waals surface area contributed by atoms with Gasteiger partial charge in [-0.2, -0.15) is 5.01 Å². The maximum absolute atomic E-state index is 13.0. The number of amides is 4. The van der Waals surface area contributed by atoms with Crippen LogP contribution in [0, 0.1) is 12.8 Å². The van der Waals surface area contributed by atoms with E-state index in [0.29, 0.717) is 23.8 Å². The largest absolute Gasteiger partial charge is 0.462 e. The molecular weight excluding hydrogens is 434 g/mol. The van der Waals surface area contributed by atoms with Gasteiger partial charge in [0.2, 0.25) is 5.71 Å². The van der Waals surface area contributed by atoms with Crippen molar-refractivity contribution in [3.63, 3.8) is 0 Å². The van der Waals surface area contributed by atoms with E-state index in [1.807, 2.05) is 0 Å². The first-order valence-electron chi connectivity index (χ1n) is 10.8. The Hall–Kier alpha value is -3.70. The van der Waals surface area contributed by atoms with E-state index in [4.69, 9.17) is 9.15 Å². The van der Waals surface area contributed by atoms with Crippen LogP contribution in [-0.4, -0.2) is 50.5 Å². The van der Waals surface area contributed by atoms with Gasteiger partial charge >= 0.3 is 12.0 Å². The van der Waals surface area contributed by atoms with Gasteiger partial charge in [0, 0.05) is 0 Å². The van der Waals surface area contributed by atoms with E-state index in [2.05, 4.69) is 22.7 Å². The van der Waals surface area contributed by atoms with E-state index < -0.39 is 41.5 Å². The van der Waals surface area contributed by atoms with Crippen LogP contribution in [0.25, 0.3) is 11.1 Å². The van der Waals surface area contributed by atoms with Crippen molar-refractivity contribution in [3.8, 4) is 0 Å². The summed E-state index contributed by atoms with van der Waals surface area (Å²) < 4.78 is 11.3. The van der Waals surface area contributed by atoms with Crippen molar-refractivity contribution < 1.29 is 28.3 Å². The summed E-state index contributed by atoms with van der Waals surface area (Å²) in [6.45, 7) is 4.79. The monoisotopic (exact) mass is 459 g/mol. The van der Waals surface area contributed by atoms with Crippen LogP contribution in [0.15, 0.2) is 15.5 Å². The number of aromatic nitrogens is 2. The van der Waals surface area contributed by atoms with Gasteiger partial charge in [-0.15, -0.1) is 0 Å². The fraction of sp³-hybridized carbons (Fsp3) is 0.524. The lowest BCUT2D eigenvalue weighted by atomic mass is 9.77. The molecule has 0 atom stereocenters. The lowest BCUT2D eigenvalue weighted by molar-refractivity contribution is -0.140. The molecule has 2 aromatic heterocycles. The number of fused-ring (bicyclic) bond motifs is 1. The second kappa shape index (κ2) is 8.34. The molecule has 2 N–H and O–H groups in total. The minimum atomic E-state index is -1.00. The number of furan rings is 1. The van der Waals surface area contributed by atoms with E-state index in [9.17, 15) is 24.0 Å². The quantitative estimate of drug-likeness (QED) is 0.496. The molecule has 1 aliphatic carbocycles. The predicted molar refractivity (Wildman–Crippen MR) is 113 cm³/mol. The Morgan fingerprint density at radius 1 is 1.30 bits per heavy atom. The van der Waals surface area contributed by atoms with Gasteiger partial charge in [-0.1, -0.05) is 6.92 Å². The van der Waals surface area contributed by atoms with Crippen LogP contribution in [-0.2, 0) is 20.9 Å². The summed E-state index contributed by atoms with van der Waals surface area (Å²) in [5, 5.41) is 3.27. The highest BCUT2D eigenvalue weighted by Gasteiger charge is 2.52. The molecule has 12 heteroatoms. The van der Waals surface area contributed by atoms with E-state index in [1.165, 1.54) is 6.92 Å². The normalized spacial score (nSPS) is 22.6. The van der Waals surface area contributed by atoms with Gasteiger partial charge in [-0.3, -0.25) is 24.4 Å². The summed E-state index contributed by atoms with van der Waals surface area (Å²) in [5.41, 5.74) is 0.476. The van der Waals surface area contributed by atoms with Crippen molar-refractivity contribution >= 4 is 34.9 Å². The minimum absolute atomic E-state index is 0.0540. The van der Waals surface area contributed by atoms with E-state index in [1.54, 1.807) is 6.92 Å². The Kier molecular flexibility index (Phi) is 5.68. The first kappa shape index (κ1) is 22.5. The van der Waals surface area contributed by atoms with Gasteiger partial charge in [-0.25, -0.2) is 14.6 Å². The Morgan fingerprint density at radius 2 is 2.00 bits per heavy atom. The standard InChI is InChI=1S/C21H25N5O7/c1-4-32-18(29)14-12(3)33-16-15(14)17(28)25(10-22-16)9-13(27)24-26-19(30)21(23-20(26)31)7-5-11(2)6-8-21/h10-11H,4-9H2,1-3H3,(H,23,31)(H,24,27). The Bertz CT molecular complexity index is 1210. The fourth-order valence-electron chi connectivity index (χ4n) is 4.33. The number of nitrogens with one attached hydrogen (secondary N) is 2. The number of hydrogen-bond donors (Lipinski definition) is 2. The number of imide groups is 1. The van der Waals surface area contributed by atoms with Crippen molar-refractivity contribution in [1.29, 1.82) is 0 Å². The SMILES string of the molecule is CCOC(=O)c1c(C)oc2ncn(CC(=O)NN3C(=O)NC4(CCC(C)CC4)C3=O)c(=O)c12. The van der Waals surface area contributed by atoms with Crippen LogP contribution in [0.4, 0.5) is 4.79 Å². The molecule has 2 aliphatic rings. The number of rotatable bonds is 5. The summed E-state index contributed by atoms with van der Waals surface area (Å²) >= 11 is 0. The third-order valence-corrected chi connectivity index (χ3v) is 6.17. The topological polar surface area (TPSA) is 153 Å². The number of ether oxygens (including phenoxy) is 1. The Labute approximate surface area is 188 Å². The number of carbonyl (C=O) groups is 4. The number of carbonyl (C=O) groups excluding carboxylic acids is 4. The second-order valence-electron chi connectivity index (χ2n) is 8.48. The van der Waals surface area contributed by atoms with Crippen molar-refractivity contribution in [2.24, 2.45) is 5.92 Å². The molecule has 1 saturated carbocycles. The molecule has 4 amide bonds. The van der Waals surface area contributed by atoms with Gasteiger partial charge in [0.1, 0.15) is 35.1 Å². The smallest absolute Gasteiger partial charge is 0.344 e. The summed E-state index contributed by atoms with van der Waals surface area (Å²) in [5.74, 6) is -1.39. The van der Waals surface area contributed by atoms with Crippen LogP contribution < -0.4 is 16.3 Å². The average Bonchev–Trinajstić information content (AvgIpc) is 3.22. The molecular formula is C21H25N5O7. The van der Waals surface area contributed by atoms with Gasteiger partial charge < -0.3 is 14.5 Å². The first-order valence-corrected chi connectivity index (χ1v) is 10.8. The molecule has 0 aromatic carbocycles. The zero-order valence-corrected chi connectivity index (χ0v) is 18.6. The fourth-order valence-corrected chi connectivity index (χ4v) is 4.33. The number of hydrogen-bond acceptors (Lipinski definition) is 8. The van der Waals surface area contributed by atoms with E-state index in [0.717, 1.165) is 23.7 Å². The molecule has 33 heavy (non-hydrogen) atoms. The van der Waals surface area contributed by atoms with Crippen LogP contribution in [0.5, 0.6) is 0 Å². The van der Waals surface area contributed by atoms with Crippen molar-refractivity contribution in [2.45, 2.75) is 58.5 Å². The third-order valence-electron chi connectivity index (χ3n) is 6.17. The maximum atomic E-state index is 13.0. The molecule has 12 nitrogen and oxygen atoms in total. The highest BCUT2D eigenvalue weighted by molar-refractivity contribution is 6.08. The van der Waals surface area contributed by atoms with Gasteiger partial charge in [0.05, 0.1) is 6.61 Å². The average molecular weight is 459 g/mol. The van der Waals surface area contributed by atoms with Gasteiger partial charge in [-0.05, 0) is 45.4 Å². The molecule has 1 aliphatic heterocycles. The molecule has 176 valence electrons. The highest BCUT2D eigenvalue weighted by atomic mass is 16.5. The Morgan fingerprint density at radius 3 is 2.67 bits per heavy atom. The first-order chi connectivity index (χ1) is 15.7. The summed E-state index contributed by atoms with van der Waals surface area (Å²) in [4.78, 5) is 67.1. The number of esters is 1. The summed E-state index contributed by atoms with van der Waals surface area (Å²) in [6, 6.07) is -0.709. The number of aryl methyl sites for hydroxylation is 1. The molecule has 0 radical (unpaired) electrons. The third kappa shape index (κ3) is 3.85. The molecule has 4 rings (SSSR count).